The lowest BCUT2D eigenvalue weighted by Crippen LogP contribution is -2.13. The van der Waals surface area contributed by atoms with Crippen LogP contribution in [-0.4, -0.2) is 0 Å². The van der Waals surface area contributed by atoms with E-state index in [0.29, 0.717) is 5.41 Å². The predicted octanol–water partition coefficient (Wildman–Crippen LogP) is 3.98. The van der Waals surface area contributed by atoms with Crippen molar-refractivity contribution < 1.29 is 0 Å². The van der Waals surface area contributed by atoms with Gasteiger partial charge in [0.2, 0.25) is 0 Å². The summed E-state index contributed by atoms with van der Waals surface area (Å²) in [6, 6.07) is 6.63. The fraction of sp³-hybridized carbons (Fsp3) is 0.429. The van der Waals surface area contributed by atoms with Gasteiger partial charge in [-0.1, -0.05) is 44.2 Å². The van der Waals surface area contributed by atoms with Gasteiger partial charge in [-0.15, -0.1) is 0 Å². The summed E-state index contributed by atoms with van der Waals surface area (Å²) in [6.07, 6.45) is 6.98. The lowest BCUT2D eigenvalue weighted by atomic mass is 9.83. The zero-order valence-corrected chi connectivity index (χ0v) is 9.30. The maximum Gasteiger partial charge on any atom is -0.0198 e. The maximum absolute atomic E-state index is 2.34. The van der Waals surface area contributed by atoms with E-state index in [2.05, 4.69) is 51.1 Å². The van der Waals surface area contributed by atoms with Crippen LogP contribution in [0.15, 0.2) is 24.3 Å². The van der Waals surface area contributed by atoms with E-state index in [0.717, 1.165) is 0 Å². The molecule has 0 amide bonds. The van der Waals surface area contributed by atoms with Crippen LogP contribution in [0, 0.1) is 12.3 Å². The molecule has 0 unspecified atom stereocenters. The number of fused-ring (bicyclic) bond motifs is 1. The summed E-state index contributed by atoms with van der Waals surface area (Å²) >= 11 is 0. The molecule has 0 aliphatic heterocycles. The standard InChI is InChI=1S/C14H18/c1-11-6-4-7-12-10-14(2,3)9-5-8-13(11)12/h4-8H,9-10H2,1-3H3. The lowest BCUT2D eigenvalue weighted by Gasteiger charge is -2.22. The van der Waals surface area contributed by atoms with Crippen LogP contribution in [0.5, 0.6) is 0 Å². The molecule has 0 heteroatoms. The molecule has 0 radical (unpaired) electrons. The quantitative estimate of drug-likeness (QED) is 0.575. The van der Waals surface area contributed by atoms with Crippen LogP contribution in [-0.2, 0) is 6.42 Å². The fourth-order valence-electron chi connectivity index (χ4n) is 2.22. The highest BCUT2D eigenvalue weighted by Gasteiger charge is 2.20. The molecule has 0 aromatic heterocycles. The molecule has 0 saturated carbocycles. The number of rotatable bonds is 0. The van der Waals surface area contributed by atoms with E-state index < -0.39 is 0 Å². The molecule has 0 spiro atoms. The molecule has 0 nitrogen and oxygen atoms in total. The normalized spacial score (nSPS) is 18.8. The zero-order valence-electron chi connectivity index (χ0n) is 9.30. The third-order valence-electron chi connectivity index (χ3n) is 3.04. The Kier molecular flexibility index (Phi) is 2.22. The van der Waals surface area contributed by atoms with Gasteiger partial charge in [0.05, 0.1) is 0 Å². The molecule has 0 bridgehead atoms. The molecule has 0 saturated heterocycles. The first-order chi connectivity index (χ1) is 6.58. The average Bonchev–Trinajstić information content (AvgIpc) is 2.23. The van der Waals surface area contributed by atoms with Gasteiger partial charge in [-0.05, 0) is 41.9 Å². The van der Waals surface area contributed by atoms with Crippen molar-refractivity contribution in [2.24, 2.45) is 5.41 Å². The molecule has 2 rings (SSSR count). The van der Waals surface area contributed by atoms with Crippen molar-refractivity contribution in [3.05, 3.63) is 41.0 Å². The lowest BCUT2D eigenvalue weighted by molar-refractivity contribution is 0.371. The van der Waals surface area contributed by atoms with Crippen molar-refractivity contribution >= 4 is 6.08 Å². The van der Waals surface area contributed by atoms with E-state index in [9.17, 15) is 0 Å². The molecule has 0 heterocycles. The van der Waals surface area contributed by atoms with Crippen molar-refractivity contribution in [2.75, 3.05) is 0 Å². The molecular formula is C14H18. The summed E-state index contributed by atoms with van der Waals surface area (Å²) in [6.45, 7) is 6.88. The van der Waals surface area contributed by atoms with Gasteiger partial charge in [0, 0.05) is 0 Å². The van der Waals surface area contributed by atoms with Gasteiger partial charge in [-0.25, -0.2) is 0 Å². The first-order valence-electron chi connectivity index (χ1n) is 5.33. The SMILES string of the molecule is Cc1cccc2c1C=CCC(C)(C)C2. The van der Waals surface area contributed by atoms with Crippen LogP contribution in [0.2, 0.25) is 0 Å². The highest BCUT2D eigenvalue weighted by molar-refractivity contribution is 5.59. The van der Waals surface area contributed by atoms with Crippen molar-refractivity contribution in [2.45, 2.75) is 33.6 Å². The summed E-state index contributed by atoms with van der Waals surface area (Å²) < 4.78 is 0. The molecule has 1 aromatic rings. The highest BCUT2D eigenvalue weighted by atomic mass is 14.3. The zero-order chi connectivity index (χ0) is 10.2. The van der Waals surface area contributed by atoms with E-state index >= 15 is 0 Å². The molecule has 74 valence electrons. The number of allylic oxidation sites excluding steroid dienone is 1. The Morgan fingerprint density at radius 1 is 1.21 bits per heavy atom. The summed E-state index contributed by atoms with van der Waals surface area (Å²) in [5, 5.41) is 0. The van der Waals surface area contributed by atoms with Crippen LogP contribution in [0.4, 0.5) is 0 Å². The van der Waals surface area contributed by atoms with Gasteiger partial charge < -0.3 is 0 Å². The summed E-state index contributed by atoms with van der Waals surface area (Å²) in [7, 11) is 0. The predicted molar refractivity (Wildman–Crippen MR) is 62.3 cm³/mol. The van der Waals surface area contributed by atoms with Crippen molar-refractivity contribution in [1.29, 1.82) is 0 Å². The van der Waals surface area contributed by atoms with E-state index in [1.165, 1.54) is 29.5 Å². The van der Waals surface area contributed by atoms with Crippen LogP contribution >= 0.6 is 0 Å². The third-order valence-corrected chi connectivity index (χ3v) is 3.04. The number of hydrogen-bond donors (Lipinski definition) is 0. The second-order valence-electron chi connectivity index (χ2n) is 5.10. The number of hydrogen-bond acceptors (Lipinski definition) is 0. The molecule has 0 atom stereocenters. The molecule has 1 aliphatic rings. The van der Waals surface area contributed by atoms with Crippen molar-refractivity contribution in [3.8, 4) is 0 Å². The third kappa shape index (κ3) is 1.75. The summed E-state index contributed by atoms with van der Waals surface area (Å²) in [5.41, 5.74) is 4.76. The Hall–Kier alpha value is -1.04. The fourth-order valence-corrected chi connectivity index (χ4v) is 2.22. The first-order valence-corrected chi connectivity index (χ1v) is 5.33. The number of aryl methyl sites for hydroxylation is 1. The van der Waals surface area contributed by atoms with Gasteiger partial charge in [0.25, 0.3) is 0 Å². The van der Waals surface area contributed by atoms with Crippen LogP contribution < -0.4 is 0 Å². The molecule has 1 aliphatic carbocycles. The van der Waals surface area contributed by atoms with Crippen LogP contribution in [0.25, 0.3) is 6.08 Å². The molecule has 0 N–H and O–H groups in total. The smallest absolute Gasteiger partial charge is 0.0198 e. The molecule has 1 aromatic carbocycles. The highest BCUT2D eigenvalue weighted by Crippen LogP contribution is 2.32. The Morgan fingerprint density at radius 2 is 2.00 bits per heavy atom. The van der Waals surface area contributed by atoms with Gasteiger partial charge in [-0.2, -0.15) is 0 Å². The van der Waals surface area contributed by atoms with Gasteiger partial charge in [0.15, 0.2) is 0 Å². The molecular weight excluding hydrogens is 168 g/mol. The van der Waals surface area contributed by atoms with Gasteiger partial charge in [0.1, 0.15) is 0 Å². The Balaban J connectivity index is 2.50. The van der Waals surface area contributed by atoms with E-state index in [4.69, 9.17) is 0 Å². The minimum Gasteiger partial charge on any atom is -0.0834 e. The van der Waals surface area contributed by atoms with Crippen molar-refractivity contribution in [3.63, 3.8) is 0 Å². The second kappa shape index (κ2) is 3.27. The van der Waals surface area contributed by atoms with E-state index in [1.54, 1.807) is 0 Å². The largest absolute Gasteiger partial charge is 0.0834 e. The Morgan fingerprint density at radius 3 is 2.79 bits per heavy atom. The maximum atomic E-state index is 2.34. The summed E-state index contributed by atoms with van der Waals surface area (Å²) in [4.78, 5) is 0. The Labute approximate surface area is 86.7 Å². The van der Waals surface area contributed by atoms with Crippen LogP contribution in [0.3, 0.4) is 0 Å². The monoisotopic (exact) mass is 186 g/mol. The van der Waals surface area contributed by atoms with Gasteiger partial charge >= 0.3 is 0 Å². The number of benzene rings is 1. The second-order valence-corrected chi connectivity index (χ2v) is 5.10. The van der Waals surface area contributed by atoms with E-state index in [1.807, 2.05) is 0 Å². The average molecular weight is 186 g/mol. The van der Waals surface area contributed by atoms with Gasteiger partial charge in [-0.3, -0.25) is 0 Å². The van der Waals surface area contributed by atoms with E-state index in [-0.39, 0.29) is 0 Å². The minimum atomic E-state index is 0.412. The first kappa shape index (κ1) is 9.51. The molecule has 14 heavy (non-hydrogen) atoms. The van der Waals surface area contributed by atoms with Crippen molar-refractivity contribution in [1.82, 2.24) is 0 Å². The Bertz CT molecular complexity index is 370. The summed E-state index contributed by atoms with van der Waals surface area (Å²) in [5.74, 6) is 0. The van der Waals surface area contributed by atoms with Crippen LogP contribution in [0.1, 0.15) is 37.0 Å². The molecule has 0 fully saturated rings. The minimum absolute atomic E-state index is 0.412. The topological polar surface area (TPSA) is 0 Å².